The predicted octanol–water partition coefficient (Wildman–Crippen LogP) is 3.26. The summed E-state index contributed by atoms with van der Waals surface area (Å²) < 4.78 is 5.30. The van der Waals surface area contributed by atoms with Crippen molar-refractivity contribution in [3.63, 3.8) is 0 Å². The SMILES string of the molecule is CCCCN(C)c1ccnc(C(=O)NCc2ccccc2OC)c1. The maximum atomic E-state index is 12.4. The van der Waals surface area contributed by atoms with Crippen LogP contribution in [0, 0.1) is 0 Å². The zero-order valence-electron chi connectivity index (χ0n) is 14.6. The van der Waals surface area contributed by atoms with Gasteiger partial charge in [0.25, 0.3) is 5.91 Å². The number of carbonyl (C=O) groups is 1. The average Bonchev–Trinajstić information content (AvgIpc) is 2.64. The topological polar surface area (TPSA) is 54.5 Å². The number of ether oxygens (including phenoxy) is 1. The van der Waals surface area contributed by atoms with Crippen molar-refractivity contribution in [2.45, 2.75) is 26.3 Å². The second kappa shape index (κ2) is 8.91. The van der Waals surface area contributed by atoms with Crippen LogP contribution in [0.4, 0.5) is 5.69 Å². The largest absolute Gasteiger partial charge is 0.496 e. The first kappa shape index (κ1) is 17.8. The fraction of sp³-hybridized carbons (Fsp3) is 0.368. The van der Waals surface area contributed by atoms with E-state index in [1.807, 2.05) is 43.4 Å². The van der Waals surface area contributed by atoms with Gasteiger partial charge in [-0.15, -0.1) is 0 Å². The molecule has 0 aliphatic heterocycles. The van der Waals surface area contributed by atoms with E-state index in [9.17, 15) is 4.79 Å². The van der Waals surface area contributed by atoms with Crippen molar-refractivity contribution in [3.8, 4) is 5.75 Å². The van der Waals surface area contributed by atoms with Gasteiger partial charge in [-0.2, -0.15) is 0 Å². The third-order valence-electron chi connectivity index (χ3n) is 3.90. The van der Waals surface area contributed by atoms with Crippen LogP contribution < -0.4 is 15.0 Å². The normalized spacial score (nSPS) is 10.3. The summed E-state index contributed by atoms with van der Waals surface area (Å²) in [6.07, 6.45) is 3.94. The van der Waals surface area contributed by atoms with Gasteiger partial charge in [0.05, 0.1) is 7.11 Å². The summed E-state index contributed by atoms with van der Waals surface area (Å²) in [7, 11) is 3.65. The lowest BCUT2D eigenvalue weighted by atomic mass is 10.2. The Morgan fingerprint density at radius 3 is 2.83 bits per heavy atom. The van der Waals surface area contributed by atoms with Crippen LogP contribution >= 0.6 is 0 Å². The van der Waals surface area contributed by atoms with Crippen molar-refractivity contribution in [3.05, 3.63) is 53.9 Å². The average molecular weight is 327 g/mol. The number of nitrogens with zero attached hydrogens (tertiary/aromatic N) is 2. The summed E-state index contributed by atoms with van der Waals surface area (Å²) in [5.41, 5.74) is 2.36. The molecule has 0 radical (unpaired) electrons. The van der Waals surface area contributed by atoms with Gasteiger partial charge in [-0.1, -0.05) is 31.5 Å². The Labute approximate surface area is 143 Å². The molecule has 2 rings (SSSR count). The van der Waals surface area contributed by atoms with Crippen LogP contribution in [0.25, 0.3) is 0 Å². The Kier molecular flexibility index (Phi) is 6.61. The van der Waals surface area contributed by atoms with Gasteiger partial charge in [-0.25, -0.2) is 0 Å². The monoisotopic (exact) mass is 327 g/mol. The second-order valence-corrected chi connectivity index (χ2v) is 5.67. The zero-order valence-corrected chi connectivity index (χ0v) is 14.6. The van der Waals surface area contributed by atoms with Gasteiger partial charge in [-0.05, 0) is 24.6 Å². The predicted molar refractivity (Wildman–Crippen MR) is 96.6 cm³/mol. The molecule has 1 N–H and O–H groups in total. The molecular formula is C19H25N3O2. The number of unbranched alkanes of at least 4 members (excludes halogenated alkanes) is 1. The molecule has 0 saturated carbocycles. The number of benzene rings is 1. The quantitative estimate of drug-likeness (QED) is 0.808. The van der Waals surface area contributed by atoms with E-state index in [1.54, 1.807) is 13.3 Å². The van der Waals surface area contributed by atoms with Crippen LogP contribution in [-0.4, -0.2) is 31.6 Å². The Hall–Kier alpha value is -2.56. The summed E-state index contributed by atoms with van der Waals surface area (Å²) in [6.45, 7) is 3.53. The zero-order chi connectivity index (χ0) is 17.4. The molecule has 1 heterocycles. The van der Waals surface area contributed by atoms with E-state index in [4.69, 9.17) is 4.74 Å². The lowest BCUT2D eigenvalue weighted by Gasteiger charge is -2.19. The molecule has 5 nitrogen and oxygen atoms in total. The highest BCUT2D eigenvalue weighted by molar-refractivity contribution is 5.93. The van der Waals surface area contributed by atoms with Gasteiger partial charge in [0.15, 0.2) is 0 Å². The Morgan fingerprint density at radius 1 is 1.29 bits per heavy atom. The highest BCUT2D eigenvalue weighted by Crippen LogP contribution is 2.17. The first-order valence-corrected chi connectivity index (χ1v) is 8.23. The number of methoxy groups -OCH3 is 1. The molecule has 128 valence electrons. The molecule has 5 heteroatoms. The molecule has 0 unspecified atom stereocenters. The van der Waals surface area contributed by atoms with Gasteiger partial charge >= 0.3 is 0 Å². The van der Waals surface area contributed by atoms with Crippen molar-refractivity contribution in [2.24, 2.45) is 0 Å². The maximum Gasteiger partial charge on any atom is 0.270 e. The Bertz CT molecular complexity index is 673. The summed E-state index contributed by atoms with van der Waals surface area (Å²) in [5, 5.41) is 2.90. The van der Waals surface area contributed by atoms with E-state index in [2.05, 4.69) is 22.1 Å². The van der Waals surface area contributed by atoms with Crippen molar-refractivity contribution >= 4 is 11.6 Å². The molecular weight excluding hydrogens is 302 g/mol. The lowest BCUT2D eigenvalue weighted by molar-refractivity contribution is 0.0945. The molecule has 1 aromatic heterocycles. The van der Waals surface area contributed by atoms with Crippen molar-refractivity contribution < 1.29 is 9.53 Å². The maximum absolute atomic E-state index is 12.4. The Balaban J connectivity index is 2.02. The van der Waals surface area contributed by atoms with Crippen LogP contribution in [0.3, 0.4) is 0 Å². The number of anilines is 1. The summed E-state index contributed by atoms with van der Waals surface area (Å²) >= 11 is 0. The highest BCUT2D eigenvalue weighted by Gasteiger charge is 2.10. The molecule has 1 aromatic carbocycles. The van der Waals surface area contributed by atoms with E-state index in [-0.39, 0.29) is 5.91 Å². The van der Waals surface area contributed by atoms with E-state index >= 15 is 0 Å². The number of nitrogens with one attached hydrogen (secondary N) is 1. The van der Waals surface area contributed by atoms with Gasteiger partial charge in [0.1, 0.15) is 11.4 Å². The van der Waals surface area contributed by atoms with Gasteiger partial charge in [0, 0.05) is 37.6 Å². The van der Waals surface area contributed by atoms with Gasteiger partial charge in [0.2, 0.25) is 0 Å². The number of amides is 1. The molecule has 0 saturated heterocycles. The molecule has 24 heavy (non-hydrogen) atoms. The van der Waals surface area contributed by atoms with Gasteiger partial charge in [-0.3, -0.25) is 9.78 Å². The number of carbonyl (C=O) groups excluding carboxylic acids is 1. The number of para-hydroxylation sites is 1. The minimum absolute atomic E-state index is 0.188. The van der Waals surface area contributed by atoms with Crippen LogP contribution in [0.5, 0.6) is 5.75 Å². The number of aromatic nitrogens is 1. The summed E-state index contributed by atoms with van der Waals surface area (Å²) in [5.74, 6) is 0.574. The summed E-state index contributed by atoms with van der Waals surface area (Å²) in [4.78, 5) is 18.7. The third-order valence-corrected chi connectivity index (χ3v) is 3.90. The van der Waals surface area contributed by atoms with Crippen LogP contribution in [0.2, 0.25) is 0 Å². The van der Waals surface area contributed by atoms with Crippen molar-refractivity contribution in [1.82, 2.24) is 10.3 Å². The number of pyridine rings is 1. The minimum atomic E-state index is -0.188. The molecule has 0 atom stereocenters. The van der Waals surface area contributed by atoms with E-state index in [1.165, 1.54) is 0 Å². The molecule has 0 bridgehead atoms. The molecule has 0 spiro atoms. The Morgan fingerprint density at radius 2 is 2.08 bits per heavy atom. The highest BCUT2D eigenvalue weighted by atomic mass is 16.5. The molecule has 2 aromatic rings. The van der Waals surface area contributed by atoms with E-state index in [0.717, 1.165) is 36.4 Å². The van der Waals surface area contributed by atoms with E-state index < -0.39 is 0 Å². The fourth-order valence-electron chi connectivity index (χ4n) is 2.42. The lowest BCUT2D eigenvalue weighted by Crippen LogP contribution is -2.25. The van der Waals surface area contributed by atoms with Crippen molar-refractivity contribution in [1.29, 1.82) is 0 Å². The van der Waals surface area contributed by atoms with Crippen molar-refractivity contribution in [2.75, 3.05) is 25.6 Å². The first-order chi connectivity index (χ1) is 11.7. The smallest absolute Gasteiger partial charge is 0.270 e. The van der Waals surface area contributed by atoms with Crippen LogP contribution in [-0.2, 0) is 6.54 Å². The summed E-state index contributed by atoms with van der Waals surface area (Å²) in [6, 6.07) is 11.4. The number of hydrogen-bond acceptors (Lipinski definition) is 4. The second-order valence-electron chi connectivity index (χ2n) is 5.67. The molecule has 0 aliphatic rings. The standard InChI is InChI=1S/C19H25N3O2/c1-4-5-12-22(2)16-10-11-20-17(13-16)19(23)21-14-15-8-6-7-9-18(15)24-3/h6-11,13H,4-5,12,14H2,1-3H3,(H,21,23). The molecule has 0 aliphatic carbocycles. The number of rotatable bonds is 8. The molecule has 0 fully saturated rings. The van der Waals surface area contributed by atoms with Gasteiger partial charge < -0.3 is 15.0 Å². The molecule has 1 amide bonds. The third kappa shape index (κ3) is 4.72. The van der Waals surface area contributed by atoms with Crippen LogP contribution in [0.15, 0.2) is 42.6 Å². The van der Waals surface area contributed by atoms with E-state index in [0.29, 0.717) is 12.2 Å². The fourth-order valence-corrected chi connectivity index (χ4v) is 2.42. The number of hydrogen-bond donors (Lipinski definition) is 1. The first-order valence-electron chi connectivity index (χ1n) is 8.23. The minimum Gasteiger partial charge on any atom is -0.496 e. The van der Waals surface area contributed by atoms with Crippen LogP contribution in [0.1, 0.15) is 35.8 Å².